The summed E-state index contributed by atoms with van der Waals surface area (Å²) in [7, 11) is 1.78. The van der Waals surface area contributed by atoms with Gasteiger partial charge in [0.15, 0.2) is 0 Å². The maximum absolute atomic E-state index is 12.0. The summed E-state index contributed by atoms with van der Waals surface area (Å²) in [5.41, 5.74) is 1.23. The van der Waals surface area contributed by atoms with Gasteiger partial charge in [0.1, 0.15) is 5.82 Å². The van der Waals surface area contributed by atoms with E-state index < -0.39 is 0 Å². The van der Waals surface area contributed by atoms with E-state index in [4.69, 9.17) is 11.6 Å². The second kappa shape index (κ2) is 6.21. The quantitative estimate of drug-likeness (QED) is 0.791. The van der Waals surface area contributed by atoms with Crippen LogP contribution < -0.4 is 10.6 Å². The molecule has 1 aromatic heterocycles. The largest absolute Gasteiger partial charge is 0.373 e. The van der Waals surface area contributed by atoms with Gasteiger partial charge in [-0.1, -0.05) is 11.6 Å². The molecular weight excluding hydrogens is 377 g/mol. The molecule has 0 fully saturated rings. The number of carbonyl (C=O) groups excluding carboxylic acids is 1. The number of nitrogens with one attached hydrogen (secondary N) is 2. The van der Waals surface area contributed by atoms with Gasteiger partial charge in [0.05, 0.1) is 11.3 Å². The minimum atomic E-state index is -0.199. The monoisotopic (exact) mass is 387 g/mol. The van der Waals surface area contributed by atoms with Gasteiger partial charge in [-0.3, -0.25) is 4.79 Å². The average molecular weight is 388 g/mol. The molecule has 0 spiro atoms. The number of rotatable bonds is 3. The zero-order valence-corrected chi connectivity index (χ0v) is 13.0. The number of nitrogens with zero attached hydrogens (tertiary/aromatic N) is 1. The highest BCUT2D eigenvalue weighted by Gasteiger charge is 2.09. The molecule has 1 aromatic carbocycles. The van der Waals surface area contributed by atoms with Gasteiger partial charge in [-0.25, -0.2) is 4.98 Å². The Balaban J connectivity index is 2.15. The van der Waals surface area contributed by atoms with Crippen LogP contribution in [0.25, 0.3) is 0 Å². The summed E-state index contributed by atoms with van der Waals surface area (Å²) in [6, 6.07) is 8.78. The molecule has 19 heavy (non-hydrogen) atoms. The maximum atomic E-state index is 12.0. The molecule has 0 unspecified atom stereocenters. The van der Waals surface area contributed by atoms with Crippen LogP contribution in [0, 0.1) is 3.57 Å². The molecule has 0 aliphatic rings. The fraction of sp³-hybridized carbons (Fsp3) is 0.0769. The third-order valence-corrected chi connectivity index (χ3v) is 3.59. The molecule has 0 aliphatic heterocycles. The number of benzene rings is 1. The van der Waals surface area contributed by atoms with Crippen molar-refractivity contribution in [2.75, 3.05) is 17.7 Å². The van der Waals surface area contributed by atoms with Gasteiger partial charge in [-0.15, -0.1) is 0 Å². The molecule has 2 aromatic rings. The second-order valence-corrected chi connectivity index (χ2v) is 5.36. The summed E-state index contributed by atoms with van der Waals surface area (Å²) in [5.74, 6) is 0.521. The highest BCUT2D eigenvalue weighted by Crippen LogP contribution is 2.22. The lowest BCUT2D eigenvalue weighted by Crippen LogP contribution is -2.13. The first-order valence-electron chi connectivity index (χ1n) is 5.50. The number of anilines is 2. The predicted octanol–water partition coefficient (Wildman–Crippen LogP) is 3.63. The van der Waals surface area contributed by atoms with Crippen LogP contribution in [0.1, 0.15) is 10.4 Å². The minimum absolute atomic E-state index is 0.199. The molecule has 0 radical (unpaired) electrons. The van der Waals surface area contributed by atoms with Crippen LogP contribution in [0.5, 0.6) is 0 Å². The minimum Gasteiger partial charge on any atom is -0.373 e. The summed E-state index contributed by atoms with van der Waals surface area (Å²) in [4.78, 5) is 16.1. The molecule has 6 heteroatoms. The number of aromatic nitrogens is 1. The summed E-state index contributed by atoms with van der Waals surface area (Å²) in [6.07, 6.45) is 1.53. The van der Waals surface area contributed by atoms with E-state index in [1.165, 1.54) is 6.20 Å². The molecule has 98 valence electrons. The molecule has 0 saturated carbocycles. The third kappa shape index (κ3) is 3.57. The zero-order chi connectivity index (χ0) is 13.8. The number of halogens is 2. The predicted molar refractivity (Wildman–Crippen MR) is 85.9 cm³/mol. The van der Waals surface area contributed by atoms with Gasteiger partial charge < -0.3 is 10.6 Å². The Morgan fingerprint density at radius 1 is 1.32 bits per heavy atom. The Kier molecular flexibility index (Phi) is 4.60. The lowest BCUT2D eigenvalue weighted by molar-refractivity contribution is 0.102. The third-order valence-electron chi connectivity index (χ3n) is 2.46. The number of pyridine rings is 1. The lowest BCUT2D eigenvalue weighted by Gasteiger charge is -2.08. The molecule has 1 amide bonds. The molecule has 0 saturated heterocycles. The summed E-state index contributed by atoms with van der Waals surface area (Å²) < 4.78 is 0.887. The average Bonchev–Trinajstić information content (AvgIpc) is 2.42. The van der Waals surface area contributed by atoms with Gasteiger partial charge >= 0.3 is 0 Å². The van der Waals surface area contributed by atoms with E-state index in [9.17, 15) is 4.79 Å². The molecule has 0 aliphatic carbocycles. The van der Waals surface area contributed by atoms with Crippen molar-refractivity contribution in [3.63, 3.8) is 0 Å². The summed E-state index contributed by atoms with van der Waals surface area (Å²) in [5, 5.41) is 6.37. The van der Waals surface area contributed by atoms with E-state index in [-0.39, 0.29) is 5.91 Å². The molecule has 4 nitrogen and oxygen atoms in total. The van der Waals surface area contributed by atoms with Crippen molar-refractivity contribution < 1.29 is 4.79 Å². The number of hydrogen-bond acceptors (Lipinski definition) is 3. The van der Waals surface area contributed by atoms with E-state index in [0.717, 1.165) is 15.1 Å². The van der Waals surface area contributed by atoms with Crippen LogP contribution >= 0.6 is 34.2 Å². The number of amides is 1. The Morgan fingerprint density at radius 3 is 2.68 bits per heavy atom. The van der Waals surface area contributed by atoms with Crippen molar-refractivity contribution in [3.8, 4) is 0 Å². The lowest BCUT2D eigenvalue weighted by atomic mass is 10.2. The Bertz CT molecular complexity index is 601. The molecular formula is C13H11ClIN3O. The fourth-order valence-electron chi connectivity index (χ4n) is 1.46. The Hall–Kier alpha value is -1.34. The van der Waals surface area contributed by atoms with Gasteiger partial charge in [-0.05, 0) is 52.9 Å². The van der Waals surface area contributed by atoms with E-state index in [2.05, 4.69) is 38.2 Å². The molecule has 2 N–H and O–H groups in total. The Labute approximate surface area is 129 Å². The first kappa shape index (κ1) is 14.1. The smallest absolute Gasteiger partial charge is 0.257 e. The van der Waals surface area contributed by atoms with E-state index in [1.54, 1.807) is 37.4 Å². The second-order valence-electron chi connectivity index (χ2n) is 3.76. The van der Waals surface area contributed by atoms with Gasteiger partial charge in [0, 0.05) is 21.8 Å². The summed E-state index contributed by atoms with van der Waals surface area (Å²) >= 11 is 7.99. The van der Waals surface area contributed by atoms with E-state index in [1.807, 2.05) is 0 Å². The highest BCUT2D eigenvalue weighted by atomic mass is 127. The first-order chi connectivity index (χ1) is 9.10. The first-order valence-corrected chi connectivity index (χ1v) is 6.96. The molecule has 2 rings (SSSR count). The standard InChI is InChI=1S/C13H11ClIN3O/c1-16-12-5-2-8(7-17-12)13(19)18-11-4-3-9(14)6-10(11)15/h2-7H,1H3,(H,16,17)(H,18,19). The summed E-state index contributed by atoms with van der Waals surface area (Å²) in [6.45, 7) is 0. The highest BCUT2D eigenvalue weighted by molar-refractivity contribution is 14.1. The van der Waals surface area contributed by atoms with Crippen LogP contribution in [0.2, 0.25) is 5.02 Å². The normalized spacial score (nSPS) is 10.1. The van der Waals surface area contributed by atoms with Crippen molar-refractivity contribution in [2.24, 2.45) is 0 Å². The van der Waals surface area contributed by atoms with Crippen molar-refractivity contribution >= 4 is 51.6 Å². The molecule has 0 atom stereocenters. The van der Waals surface area contributed by atoms with Crippen LogP contribution in [0.3, 0.4) is 0 Å². The van der Waals surface area contributed by atoms with Gasteiger partial charge in [-0.2, -0.15) is 0 Å². The van der Waals surface area contributed by atoms with Crippen molar-refractivity contribution in [1.82, 2.24) is 4.98 Å². The maximum Gasteiger partial charge on any atom is 0.257 e. The molecule has 0 bridgehead atoms. The fourth-order valence-corrected chi connectivity index (χ4v) is 2.47. The van der Waals surface area contributed by atoms with Gasteiger partial charge in [0.2, 0.25) is 0 Å². The van der Waals surface area contributed by atoms with Crippen LogP contribution in [0.15, 0.2) is 36.5 Å². The van der Waals surface area contributed by atoms with Crippen LogP contribution in [-0.4, -0.2) is 17.9 Å². The van der Waals surface area contributed by atoms with Crippen molar-refractivity contribution in [3.05, 3.63) is 50.7 Å². The number of carbonyl (C=O) groups is 1. The topological polar surface area (TPSA) is 54.0 Å². The number of hydrogen-bond donors (Lipinski definition) is 2. The van der Waals surface area contributed by atoms with Crippen LogP contribution in [-0.2, 0) is 0 Å². The van der Waals surface area contributed by atoms with E-state index in [0.29, 0.717) is 10.6 Å². The molecule has 1 heterocycles. The van der Waals surface area contributed by atoms with Gasteiger partial charge in [0.25, 0.3) is 5.91 Å². The van der Waals surface area contributed by atoms with Crippen molar-refractivity contribution in [2.45, 2.75) is 0 Å². The van der Waals surface area contributed by atoms with Crippen LogP contribution in [0.4, 0.5) is 11.5 Å². The zero-order valence-electron chi connectivity index (χ0n) is 10.1. The van der Waals surface area contributed by atoms with E-state index >= 15 is 0 Å². The SMILES string of the molecule is CNc1ccc(C(=O)Nc2ccc(Cl)cc2I)cn1. The van der Waals surface area contributed by atoms with Crippen molar-refractivity contribution in [1.29, 1.82) is 0 Å². The Morgan fingerprint density at radius 2 is 2.11 bits per heavy atom.